The Labute approximate surface area is 142 Å². The third kappa shape index (κ3) is 3.44. The van der Waals surface area contributed by atoms with Crippen LogP contribution in [0.2, 0.25) is 0 Å². The lowest BCUT2D eigenvalue weighted by Crippen LogP contribution is -2.03. The molecule has 0 aliphatic heterocycles. The van der Waals surface area contributed by atoms with Crippen molar-refractivity contribution in [1.82, 2.24) is 19.3 Å². The first-order chi connectivity index (χ1) is 10.6. The number of thioether (sulfide) groups is 1. The summed E-state index contributed by atoms with van der Waals surface area (Å²) < 4.78 is 5.30. The van der Waals surface area contributed by atoms with Crippen molar-refractivity contribution in [1.29, 1.82) is 0 Å². The fraction of sp³-hybridized carbons (Fsp3) is 0.250. The maximum Gasteiger partial charge on any atom is 0.191 e. The smallest absolute Gasteiger partial charge is 0.191 e. The Morgan fingerprint density at radius 1 is 1.14 bits per heavy atom. The number of hydrogen-bond donors (Lipinski definition) is 0. The van der Waals surface area contributed by atoms with Gasteiger partial charge in [-0.2, -0.15) is 0 Å². The minimum absolute atomic E-state index is 0.796. The molecule has 0 aliphatic carbocycles. The molecule has 22 heavy (non-hydrogen) atoms. The highest BCUT2D eigenvalue weighted by molar-refractivity contribution is 9.10. The molecule has 0 spiro atoms. The van der Waals surface area contributed by atoms with Crippen molar-refractivity contribution < 1.29 is 0 Å². The minimum Gasteiger partial charge on any atom is -0.354 e. The molecule has 0 atom stereocenters. The zero-order valence-electron chi connectivity index (χ0n) is 12.5. The molecule has 4 nitrogen and oxygen atoms in total. The highest BCUT2D eigenvalue weighted by Gasteiger charge is 2.11. The molecule has 0 radical (unpaired) electrons. The summed E-state index contributed by atoms with van der Waals surface area (Å²) in [6, 6.07) is 12.5. The predicted octanol–water partition coefficient (Wildman–Crippen LogP) is 3.80. The van der Waals surface area contributed by atoms with E-state index >= 15 is 0 Å². The average molecular weight is 377 g/mol. The lowest BCUT2D eigenvalue weighted by atomic mass is 10.2. The first-order valence-corrected chi connectivity index (χ1v) is 8.77. The summed E-state index contributed by atoms with van der Waals surface area (Å²) in [4.78, 5) is 0. The van der Waals surface area contributed by atoms with E-state index in [0.29, 0.717) is 0 Å². The number of aryl methyl sites for hydroxylation is 1. The average Bonchev–Trinajstić information content (AvgIpc) is 3.05. The van der Waals surface area contributed by atoms with E-state index in [1.165, 1.54) is 11.3 Å². The number of halogens is 1. The minimum atomic E-state index is 0.796. The van der Waals surface area contributed by atoms with Gasteiger partial charge in [0.2, 0.25) is 0 Å². The molecule has 3 aromatic rings. The molecule has 0 saturated heterocycles. The Morgan fingerprint density at radius 2 is 2.00 bits per heavy atom. The van der Waals surface area contributed by atoms with E-state index < -0.39 is 0 Å². The first kappa shape index (κ1) is 15.4. The van der Waals surface area contributed by atoms with Gasteiger partial charge in [-0.3, -0.25) is 0 Å². The molecule has 3 rings (SSSR count). The normalized spacial score (nSPS) is 11.0. The number of nitrogens with zero attached hydrogens (tertiary/aromatic N) is 4. The van der Waals surface area contributed by atoms with Gasteiger partial charge >= 0.3 is 0 Å². The Morgan fingerprint density at radius 3 is 2.73 bits per heavy atom. The third-order valence-electron chi connectivity index (χ3n) is 3.57. The summed E-state index contributed by atoms with van der Waals surface area (Å²) in [6.45, 7) is 0. The summed E-state index contributed by atoms with van der Waals surface area (Å²) >= 11 is 5.21. The van der Waals surface area contributed by atoms with Gasteiger partial charge in [-0.25, -0.2) is 0 Å². The second-order valence-corrected chi connectivity index (χ2v) is 7.02. The molecular weight excluding hydrogens is 360 g/mol. The standard InChI is InChI=1S/C16H17BrN4S/c1-20-8-4-7-14(20)10-15-18-19-16(21(15)2)22-11-12-5-3-6-13(17)9-12/h3-9H,10-11H2,1-2H3. The van der Waals surface area contributed by atoms with Crippen LogP contribution in [0.4, 0.5) is 0 Å². The SMILES string of the molecule is Cn1cccc1Cc1nnc(SCc2cccc(Br)c2)n1C. The van der Waals surface area contributed by atoms with Crippen LogP contribution in [-0.4, -0.2) is 19.3 Å². The Kier molecular flexibility index (Phi) is 4.69. The number of hydrogen-bond acceptors (Lipinski definition) is 3. The van der Waals surface area contributed by atoms with Gasteiger partial charge in [0.05, 0.1) is 0 Å². The van der Waals surface area contributed by atoms with Crippen LogP contribution in [0.1, 0.15) is 17.1 Å². The van der Waals surface area contributed by atoms with Crippen molar-refractivity contribution in [2.75, 3.05) is 0 Å². The van der Waals surface area contributed by atoms with E-state index in [1.54, 1.807) is 11.8 Å². The predicted molar refractivity (Wildman–Crippen MR) is 92.9 cm³/mol. The molecule has 0 N–H and O–H groups in total. The molecule has 114 valence electrons. The molecule has 0 saturated carbocycles. The second kappa shape index (κ2) is 6.71. The molecule has 2 heterocycles. The third-order valence-corrected chi connectivity index (χ3v) is 5.16. The highest BCUT2D eigenvalue weighted by atomic mass is 79.9. The first-order valence-electron chi connectivity index (χ1n) is 6.99. The molecule has 6 heteroatoms. The van der Waals surface area contributed by atoms with Crippen LogP contribution in [0.25, 0.3) is 0 Å². The van der Waals surface area contributed by atoms with Crippen LogP contribution < -0.4 is 0 Å². The summed E-state index contributed by atoms with van der Waals surface area (Å²) in [5, 5.41) is 9.60. The van der Waals surface area contributed by atoms with E-state index in [0.717, 1.165) is 27.6 Å². The van der Waals surface area contributed by atoms with E-state index in [9.17, 15) is 0 Å². The van der Waals surface area contributed by atoms with Crippen LogP contribution in [0.5, 0.6) is 0 Å². The van der Waals surface area contributed by atoms with Gasteiger partial charge in [-0.1, -0.05) is 39.8 Å². The lowest BCUT2D eigenvalue weighted by molar-refractivity contribution is 0.731. The molecule has 1 aromatic carbocycles. The summed E-state index contributed by atoms with van der Waals surface area (Å²) in [5.41, 5.74) is 2.50. The van der Waals surface area contributed by atoms with Gasteiger partial charge in [0.25, 0.3) is 0 Å². The van der Waals surface area contributed by atoms with Crippen molar-refractivity contribution in [2.45, 2.75) is 17.3 Å². The van der Waals surface area contributed by atoms with Crippen molar-refractivity contribution in [2.24, 2.45) is 14.1 Å². The van der Waals surface area contributed by atoms with E-state index in [2.05, 4.69) is 78.8 Å². The zero-order valence-corrected chi connectivity index (χ0v) is 14.9. The van der Waals surface area contributed by atoms with Crippen LogP contribution in [0.15, 0.2) is 52.2 Å². The lowest BCUT2D eigenvalue weighted by Gasteiger charge is -2.05. The van der Waals surface area contributed by atoms with Gasteiger partial charge in [-0.05, 0) is 29.8 Å². The Balaban J connectivity index is 1.69. The Bertz CT molecular complexity index is 778. The Hall–Kier alpha value is -1.53. The molecule has 2 aromatic heterocycles. The summed E-state index contributed by atoms with van der Waals surface area (Å²) in [7, 11) is 4.08. The highest BCUT2D eigenvalue weighted by Crippen LogP contribution is 2.23. The number of rotatable bonds is 5. The fourth-order valence-electron chi connectivity index (χ4n) is 2.24. The van der Waals surface area contributed by atoms with E-state index in [4.69, 9.17) is 0 Å². The number of benzene rings is 1. The second-order valence-electron chi connectivity index (χ2n) is 5.16. The van der Waals surface area contributed by atoms with Gasteiger partial charge in [0.1, 0.15) is 5.82 Å². The molecule has 0 aliphatic rings. The van der Waals surface area contributed by atoms with Crippen LogP contribution >= 0.6 is 27.7 Å². The quantitative estimate of drug-likeness (QED) is 0.635. The van der Waals surface area contributed by atoms with Gasteiger partial charge in [0.15, 0.2) is 5.16 Å². The summed E-state index contributed by atoms with van der Waals surface area (Å²) in [6.07, 6.45) is 2.85. The van der Waals surface area contributed by atoms with Crippen molar-refractivity contribution in [3.05, 3.63) is 64.1 Å². The maximum absolute atomic E-state index is 4.33. The topological polar surface area (TPSA) is 35.6 Å². The van der Waals surface area contributed by atoms with Crippen molar-refractivity contribution >= 4 is 27.7 Å². The molecule has 0 bridgehead atoms. The van der Waals surface area contributed by atoms with Crippen molar-refractivity contribution in [3.63, 3.8) is 0 Å². The monoisotopic (exact) mass is 376 g/mol. The van der Waals surface area contributed by atoms with Crippen LogP contribution in [0.3, 0.4) is 0 Å². The van der Waals surface area contributed by atoms with Gasteiger partial charge in [0, 0.05) is 42.6 Å². The van der Waals surface area contributed by atoms with E-state index in [1.807, 2.05) is 13.1 Å². The zero-order chi connectivity index (χ0) is 15.5. The summed E-state index contributed by atoms with van der Waals surface area (Å²) in [5.74, 6) is 1.87. The maximum atomic E-state index is 4.33. The van der Waals surface area contributed by atoms with Crippen LogP contribution in [-0.2, 0) is 26.3 Å². The molecule has 0 unspecified atom stereocenters. The van der Waals surface area contributed by atoms with Crippen LogP contribution in [0, 0.1) is 0 Å². The van der Waals surface area contributed by atoms with E-state index in [-0.39, 0.29) is 0 Å². The molecule has 0 amide bonds. The molecular formula is C16H17BrN4S. The fourth-order valence-corrected chi connectivity index (χ4v) is 3.56. The number of aromatic nitrogens is 4. The van der Waals surface area contributed by atoms with Crippen molar-refractivity contribution in [3.8, 4) is 0 Å². The largest absolute Gasteiger partial charge is 0.354 e. The van der Waals surface area contributed by atoms with Gasteiger partial charge in [-0.15, -0.1) is 10.2 Å². The van der Waals surface area contributed by atoms with Gasteiger partial charge < -0.3 is 9.13 Å². The molecule has 0 fully saturated rings.